The third-order valence-corrected chi connectivity index (χ3v) is 5.68. The predicted octanol–water partition coefficient (Wildman–Crippen LogP) is 1.52. The third-order valence-electron chi connectivity index (χ3n) is 5.68. The number of nitrogens with zero attached hydrogens (tertiary/aromatic N) is 3. The molecule has 142 valence electrons. The fourth-order valence-corrected chi connectivity index (χ4v) is 4.15. The number of likely N-dealkylation sites (tertiary alicyclic amines) is 1. The highest BCUT2D eigenvalue weighted by Gasteiger charge is 2.47. The molecule has 3 heterocycles. The first kappa shape index (κ1) is 18.1. The average Bonchev–Trinajstić information content (AvgIpc) is 2.75. The van der Waals surface area contributed by atoms with E-state index in [0.717, 1.165) is 18.7 Å². The van der Waals surface area contributed by atoms with Gasteiger partial charge in [-0.3, -0.25) is 14.7 Å². The van der Waals surface area contributed by atoms with Crippen LogP contribution < -0.4 is 0 Å². The van der Waals surface area contributed by atoms with Crippen molar-refractivity contribution in [2.24, 2.45) is 0 Å². The zero-order valence-electron chi connectivity index (χ0n) is 15.3. The highest BCUT2D eigenvalue weighted by molar-refractivity contribution is 5.94. The number of ether oxygens (including phenoxy) is 1. The summed E-state index contributed by atoms with van der Waals surface area (Å²) in [6.45, 7) is 3.84. The largest absolute Gasteiger partial charge is 0.383 e. The molecule has 2 aliphatic heterocycles. The molecule has 4 rings (SSSR count). The minimum absolute atomic E-state index is 0.00855. The molecule has 27 heavy (non-hydrogen) atoms. The van der Waals surface area contributed by atoms with Gasteiger partial charge in [-0.05, 0) is 24.1 Å². The van der Waals surface area contributed by atoms with Crippen molar-refractivity contribution in [1.82, 2.24) is 14.8 Å². The zero-order valence-corrected chi connectivity index (χ0v) is 15.3. The van der Waals surface area contributed by atoms with Gasteiger partial charge in [0, 0.05) is 44.1 Å². The van der Waals surface area contributed by atoms with E-state index >= 15 is 0 Å². The molecule has 0 aliphatic carbocycles. The van der Waals surface area contributed by atoms with Crippen LogP contribution in [0.2, 0.25) is 0 Å². The lowest BCUT2D eigenvalue weighted by molar-refractivity contribution is -0.112. The summed E-state index contributed by atoms with van der Waals surface area (Å²) in [4.78, 5) is 21.1. The van der Waals surface area contributed by atoms with Crippen LogP contribution in [0.3, 0.4) is 0 Å². The molecule has 0 radical (unpaired) electrons. The first-order chi connectivity index (χ1) is 13.2. The topological polar surface area (TPSA) is 65.9 Å². The Balaban J connectivity index is 1.62. The second kappa shape index (κ2) is 7.76. The van der Waals surface area contributed by atoms with Gasteiger partial charge in [0.25, 0.3) is 5.91 Å². The van der Waals surface area contributed by atoms with E-state index in [4.69, 9.17) is 4.74 Å². The normalized spacial score (nSPS) is 26.7. The summed E-state index contributed by atoms with van der Waals surface area (Å²) < 4.78 is 5.50. The van der Waals surface area contributed by atoms with E-state index in [1.807, 2.05) is 35.2 Å². The van der Waals surface area contributed by atoms with E-state index in [9.17, 15) is 9.90 Å². The molecule has 1 N–H and O–H groups in total. The molecule has 0 saturated carbocycles. The molecule has 2 atom stereocenters. The Hall–Kier alpha value is -2.28. The van der Waals surface area contributed by atoms with Crippen molar-refractivity contribution in [3.63, 3.8) is 0 Å². The van der Waals surface area contributed by atoms with Crippen molar-refractivity contribution < 1.29 is 14.6 Å². The molecule has 2 fully saturated rings. The van der Waals surface area contributed by atoms with Crippen molar-refractivity contribution in [3.05, 3.63) is 66.0 Å². The smallest absolute Gasteiger partial charge is 0.254 e. The van der Waals surface area contributed by atoms with Gasteiger partial charge in [-0.2, -0.15) is 0 Å². The maximum atomic E-state index is 12.9. The zero-order chi connectivity index (χ0) is 18.7. The first-order valence-corrected chi connectivity index (χ1v) is 9.47. The van der Waals surface area contributed by atoms with Gasteiger partial charge in [0.05, 0.1) is 19.3 Å². The summed E-state index contributed by atoms with van der Waals surface area (Å²) in [5, 5.41) is 11.7. The van der Waals surface area contributed by atoms with Crippen LogP contribution in [-0.4, -0.2) is 71.2 Å². The highest BCUT2D eigenvalue weighted by atomic mass is 16.5. The Kier molecular flexibility index (Phi) is 5.20. The van der Waals surface area contributed by atoms with Crippen molar-refractivity contribution in [2.45, 2.75) is 18.1 Å². The summed E-state index contributed by atoms with van der Waals surface area (Å²) >= 11 is 0. The van der Waals surface area contributed by atoms with Crippen LogP contribution in [0.1, 0.15) is 22.3 Å². The van der Waals surface area contributed by atoms with Gasteiger partial charge in [-0.25, -0.2) is 0 Å². The second-order valence-corrected chi connectivity index (χ2v) is 7.19. The van der Waals surface area contributed by atoms with Gasteiger partial charge in [0.2, 0.25) is 0 Å². The van der Waals surface area contributed by atoms with Crippen LogP contribution in [0.4, 0.5) is 0 Å². The van der Waals surface area contributed by atoms with Gasteiger partial charge in [-0.1, -0.05) is 30.3 Å². The molecule has 1 aromatic carbocycles. The fraction of sp³-hybridized carbons (Fsp3) is 0.429. The summed E-state index contributed by atoms with van der Waals surface area (Å²) in [6, 6.07) is 13.1. The van der Waals surface area contributed by atoms with E-state index in [2.05, 4.69) is 9.88 Å². The van der Waals surface area contributed by atoms with Gasteiger partial charge < -0.3 is 14.7 Å². The number of morpholine rings is 1. The standard InChI is InChI=1S/C21H25N3O3/c25-20(17-6-9-22-10-7-17)24-11-8-21(26,18-4-2-1-3-5-18)19(16-24)23-12-14-27-15-13-23/h1-7,9-10,19,26H,8,11-16H2/t19-,21+/m1/s1. The molecule has 2 saturated heterocycles. The highest BCUT2D eigenvalue weighted by Crippen LogP contribution is 2.36. The lowest BCUT2D eigenvalue weighted by Gasteiger charge is -2.50. The Labute approximate surface area is 159 Å². The van der Waals surface area contributed by atoms with Crippen molar-refractivity contribution in [3.8, 4) is 0 Å². The van der Waals surface area contributed by atoms with Crippen LogP contribution in [-0.2, 0) is 10.3 Å². The molecule has 0 spiro atoms. The Bertz CT molecular complexity index is 765. The average molecular weight is 367 g/mol. The maximum Gasteiger partial charge on any atom is 0.254 e. The lowest BCUT2D eigenvalue weighted by Crippen LogP contribution is -2.63. The SMILES string of the molecule is O=C(c1ccncc1)N1CC[C@](O)(c2ccccc2)[C@H](N2CCOCC2)C1. The number of aliphatic hydroxyl groups is 1. The summed E-state index contributed by atoms with van der Waals surface area (Å²) in [5.41, 5.74) is 0.571. The second-order valence-electron chi connectivity index (χ2n) is 7.19. The number of pyridine rings is 1. The molecule has 6 nitrogen and oxygen atoms in total. The molecule has 1 amide bonds. The number of amides is 1. The first-order valence-electron chi connectivity index (χ1n) is 9.47. The van der Waals surface area contributed by atoms with Crippen molar-refractivity contribution in [2.75, 3.05) is 39.4 Å². The molecule has 2 aromatic rings. The Morgan fingerprint density at radius 2 is 1.78 bits per heavy atom. The maximum absolute atomic E-state index is 12.9. The number of aromatic nitrogens is 1. The van der Waals surface area contributed by atoms with E-state index in [0.29, 0.717) is 38.3 Å². The van der Waals surface area contributed by atoms with Gasteiger partial charge in [-0.15, -0.1) is 0 Å². The number of hydrogen-bond acceptors (Lipinski definition) is 5. The Morgan fingerprint density at radius 3 is 2.48 bits per heavy atom. The van der Waals surface area contributed by atoms with Crippen molar-refractivity contribution >= 4 is 5.91 Å². The predicted molar refractivity (Wildman–Crippen MR) is 101 cm³/mol. The van der Waals surface area contributed by atoms with Gasteiger partial charge in [0.1, 0.15) is 5.60 Å². The third kappa shape index (κ3) is 3.60. The quantitative estimate of drug-likeness (QED) is 0.891. The lowest BCUT2D eigenvalue weighted by atomic mass is 9.79. The number of rotatable bonds is 3. The van der Waals surface area contributed by atoms with Crippen LogP contribution in [0, 0.1) is 0 Å². The number of carbonyl (C=O) groups excluding carboxylic acids is 1. The number of carbonyl (C=O) groups is 1. The van der Waals surface area contributed by atoms with E-state index in [1.54, 1.807) is 24.5 Å². The fourth-order valence-electron chi connectivity index (χ4n) is 4.15. The van der Waals surface area contributed by atoms with E-state index in [1.165, 1.54) is 0 Å². The molecular formula is C21H25N3O3. The molecule has 6 heteroatoms. The molecular weight excluding hydrogens is 342 g/mol. The van der Waals surface area contributed by atoms with Crippen molar-refractivity contribution in [1.29, 1.82) is 0 Å². The van der Waals surface area contributed by atoms with Gasteiger partial charge >= 0.3 is 0 Å². The monoisotopic (exact) mass is 367 g/mol. The van der Waals surface area contributed by atoms with Crippen LogP contribution >= 0.6 is 0 Å². The minimum atomic E-state index is -0.979. The van der Waals surface area contributed by atoms with Gasteiger partial charge in [0.15, 0.2) is 0 Å². The molecule has 0 unspecified atom stereocenters. The summed E-state index contributed by atoms with van der Waals surface area (Å²) in [7, 11) is 0. The van der Waals surface area contributed by atoms with Crippen LogP contribution in [0.25, 0.3) is 0 Å². The summed E-state index contributed by atoms with van der Waals surface area (Å²) in [6.07, 6.45) is 3.78. The summed E-state index contributed by atoms with van der Waals surface area (Å²) in [5.74, 6) is -0.00855. The number of benzene rings is 1. The number of hydrogen-bond donors (Lipinski definition) is 1. The van der Waals surface area contributed by atoms with Crippen LogP contribution in [0.5, 0.6) is 0 Å². The van der Waals surface area contributed by atoms with E-state index in [-0.39, 0.29) is 11.9 Å². The van der Waals surface area contributed by atoms with Crippen LogP contribution in [0.15, 0.2) is 54.9 Å². The Morgan fingerprint density at radius 1 is 1.07 bits per heavy atom. The molecule has 0 bridgehead atoms. The molecule has 2 aliphatic rings. The minimum Gasteiger partial charge on any atom is -0.383 e. The molecule has 1 aromatic heterocycles. The number of piperidine rings is 1. The van der Waals surface area contributed by atoms with E-state index < -0.39 is 5.60 Å².